The Morgan fingerprint density at radius 3 is 2.37 bits per heavy atom. The van der Waals surface area contributed by atoms with Crippen molar-refractivity contribution >= 4 is 58.1 Å². The molecule has 3 heterocycles. The lowest BCUT2D eigenvalue weighted by molar-refractivity contribution is -0.120. The molecule has 298 valence electrons. The summed E-state index contributed by atoms with van der Waals surface area (Å²) in [5.74, 6) is 0.208. The van der Waals surface area contributed by atoms with Gasteiger partial charge in [0, 0.05) is 72.5 Å². The number of anilines is 2. The van der Waals surface area contributed by atoms with E-state index in [2.05, 4.69) is 10.6 Å². The number of nitrogens with zero attached hydrogens (tertiary/aromatic N) is 3. The van der Waals surface area contributed by atoms with Gasteiger partial charge in [-0.1, -0.05) is 12.1 Å². The largest absolute Gasteiger partial charge is 0.456 e. The standard InChI is InChI=1S/C42H42FN5O6.CH2O.H2O/c1-24(49)47(6)35-22-36-31(32(23-44-5)38(52-36)25-12-14-28(43)15-13-25)21-30(35)26-9-7-10-27(19-26)40-46-33-17-16-29(20-37(33)53-40)45-39(50)34-11-8-18-48(34)41(51)54-42(2,3)4;1-2;/h7,9-10,12-17,19-22,34,44H,8,11,18,23H2,1-6H3,(H,45,50);1H2;1H2/t34-;;/m0../s1. The minimum Gasteiger partial charge on any atom is -0.456 e. The third kappa shape index (κ3) is 8.87. The van der Waals surface area contributed by atoms with E-state index in [1.807, 2.05) is 50.2 Å². The van der Waals surface area contributed by atoms with Gasteiger partial charge in [-0.2, -0.15) is 0 Å². The Labute approximate surface area is 329 Å². The number of fused-ring (bicyclic) bond motifs is 2. The molecule has 4 aromatic carbocycles. The molecule has 4 N–H and O–H groups in total. The molecule has 0 radical (unpaired) electrons. The topological polar surface area (TPSA) is 179 Å². The van der Waals surface area contributed by atoms with Crippen molar-refractivity contribution in [1.29, 1.82) is 0 Å². The first-order valence-corrected chi connectivity index (χ1v) is 18.1. The molecular formula is C43H46FN5O8. The second-order valence-electron chi connectivity index (χ2n) is 14.5. The molecule has 1 atom stereocenters. The number of carbonyl (C=O) groups excluding carboxylic acids is 4. The van der Waals surface area contributed by atoms with Crippen LogP contribution in [0, 0.1) is 5.82 Å². The van der Waals surface area contributed by atoms with Crippen LogP contribution in [0.25, 0.3) is 56.0 Å². The van der Waals surface area contributed by atoms with Gasteiger partial charge >= 0.3 is 6.09 Å². The molecule has 1 saturated heterocycles. The molecule has 57 heavy (non-hydrogen) atoms. The van der Waals surface area contributed by atoms with E-state index in [0.717, 1.165) is 27.6 Å². The average molecular weight is 780 g/mol. The van der Waals surface area contributed by atoms with Crippen LogP contribution in [-0.2, 0) is 25.7 Å². The highest BCUT2D eigenvalue weighted by atomic mass is 19.1. The van der Waals surface area contributed by atoms with E-state index in [-0.39, 0.29) is 23.1 Å². The molecule has 14 heteroatoms. The lowest BCUT2D eigenvalue weighted by Gasteiger charge is -2.28. The van der Waals surface area contributed by atoms with E-state index in [4.69, 9.17) is 23.3 Å². The molecule has 0 unspecified atom stereocenters. The van der Waals surface area contributed by atoms with Gasteiger partial charge in [0.1, 0.15) is 41.1 Å². The van der Waals surface area contributed by atoms with Crippen LogP contribution in [0.5, 0.6) is 0 Å². The van der Waals surface area contributed by atoms with Crippen LogP contribution in [0.3, 0.4) is 0 Å². The second-order valence-corrected chi connectivity index (χ2v) is 14.5. The zero-order valence-electron chi connectivity index (χ0n) is 32.7. The zero-order valence-corrected chi connectivity index (χ0v) is 32.7. The highest BCUT2D eigenvalue weighted by molar-refractivity contribution is 6.03. The Hall–Kier alpha value is -6.38. The number of hydrogen-bond acceptors (Lipinski definition) is 9. The van der Waals surface area contributed by atoms with Crippen LogP contribution in [0.2, 0.25) is 0 Å². The number of ether oxygens (including phenoxy) is 1. The Kier molecular flexibility index (Phi) is 12.6. The molecule has 2 aromatic heterocycles. The first-order chi connectivity index (χ1) is 26.8. The van der Waals surface area contributed by atoms with Crippen molar-refractivity contribution in [2.24, 2.45) is 0 Å². The van der Waals surface area contributed by atoms with Crippen molar-refractivity contribution < 1.29 is 42.6 Å². The summed E-state index contributed by atoms with van der Waals surface area (Å²) >= 11 is 0. The Morgan fingerprint density at radius 2 is 1.68 bits per heavy atom. The van der Waals surface area contributed by atoms with Crippen LogP contribution in [0.15, 0.2) is 87.7 Å². The van der Waals surface area contributed by atoms with Crippen LogP contribution >= 0.6 is 0 Å². The quantitative estimate of drug-likeness (QED) is 0.156. The van der Waals surface area contributed by atoms with Gasteiger partial charge in [0.15, 0.2) is 5.58 Å². The molecule has 6 aromatic rings. The summed E-state index contributed by atoms with van der Waals surface area (Å²) in [6, 6.07) is 22.4. The summed E-state index contributed by atoms with van der Waals surface area (Å²) in [5, 5.41) is 7.01. The number of nitrogens with one attached hydrogen (secondary N) is 2. The van der Waals surface area contributed by atoms with Gasteiger partial charge in [0.25, 0.3) is 0 Å². The first kappa shape index (κ1) is 41.8. The summed E-state index contributed by atoms with van der Waals surface area (Å²) in [7, 11) is 3.57. The SMILES string of the molecule is C=O.CNCc1c(-c2ccc(F)cc2)oc2cc(N(C)C(C)=O)c(-c3cccc(-c4nc5ccc(NC(=O)[C@@H]6CCCN6C(=O)OC(C)(C)C)cc5o4)c3)cc12.O. The lowest BCUT2D eigenvalue weighted by atomic mass is 9.97. The number of halogens is 1. The number of aromatic nitrogens is 1. The molecule has 1 fully saturated rings. The van der Waals surface area contributed by atoms with E-state index in [0.29, 0.717) is 71.2 Å². The fourth-order valence-electron chi connectivity index (χ4n) is 6.80. The van der Waals surface area contributed by atoms with Gasteiger partial charge in [0.2, 0.25) is 17.7 Å². The Balaban J connectivity index is 0.00000204. The van der Waals surface area contributed by atoms with Crippen molar-refractivity contribution in [3.8, 4) is 33.9 Å². The van der Waals surface area contributed by atoms with E-state index < -0.39 is 17.7 Å². The molecule has 13 nitrogen and oxygen atoms in total. The monoisotopic (exact) mass is 779 g/mol. The molecule has 7 rings (SSSR count). The zero-order chi connectivity index (χ0) is 40.3. The predicted molar refractivity (Wildman–Crippen MR) is 217 cm³/mol. The van der Waals surface area contributed by atoms with Gasteiger partial charge < -0.3 is 39.4 Å². The molecular weight excluding hydrogens is 733 g/mol. The van der Waals surface area contributed by atoms with Crippen molar-refractivity contribution in [2.45, 2.75) is 58.7 Å². The van der Waals surface area contributed by atoms with E-state index in [9.17, 15) is 18.8 Å². The molecule has 0 saturated carbocycles. The summed E-state index contributed by atoms with van der Waals surface area (Å²) in [6.45, 7) is 9.84. The highest BCUT2D eigenvalue weighted by Gasteiger charge is 2.36. The summed E-state index contributed by atoms with van der Waals surface area (Å²) in [4.78, 5) is 54.6. The fraction of sp³-hybridized carbons (Fsp3) is 0.279. The minimum absolute atomic E-state index is 0. The van der Waals surface area contributed by atoms with Crippen LogP contribution < -0.4 is 15.5 Å². The Bertz CT molecular complexity index is 2420. The number of likely N-dealkylation sites (tertiary alicyclic amines) is 1. The Morgan fingerprint density at radius 1 is 0.965 bits per heavy atom. The van der Waals surface area contributed by atoms with Crippen LogP contribution in [0.4, 0.5) is 20.6 Å². The first-order valence-electron chi connectivity index (χ1n) is 18.1. The highest BCUT2D eigenvalue weighted by Crippen LogP contribution is 2.42. The number of furan rings is 1. The molecule has 0 spiro atoms. The van der Waals surface area contributed by atoms with E-state index in [1.165, 1.54) is 24.0 Å². The third-order valence-corrected chi connectivity index (χ3v) is 9.46. The minimum atomic E-state index is -0.665. The number of amides is 3. The maximum atomic E-state index is 13.8. The van der Waals surface area contributed by atoms with Crippen LogP contribution in [0.1, 0.15) is 46.1 Å². The fourth-order valence-corrected chi connectivity index (χ4v) is 6.80. The van der Waals surface area contributed by atoms with Crippen LogP contribution in [-0.4, -0.2) is 72.3 Å². The van der Waals surface area contributed by atoms with Gasteiger partial charge in [0.05, 0.1) is 5.69 Å². The summed E-state index contributed by atoms with van der Waals surface area (Å²) in [6.07, 6.45) is 0.743. The normalized spacial score (nSPS) is 13.8. The van der Waals surface area contributed by atoms with Gasteiger partial charge in [-0.15, -0.1) is 0 Å². The van der Waals surface area contributed by atoms with Gasteiger partial charge in [-0.05, 0) is 101 Å². The van der Waals surface area contributed by atoms with Crippen molar-refractivity contribution in [3.63, 3.8) is 0 Å². The van der Waals surface area contributed by atoms with Gasteiger partial charge in [-0.3, -0.25) is 14.5 Å². The number of benzene rings is 4. The van der Waals surface area contributed by atoms with E-state index in [1.54, 1.807) is 63.1 Å². The van der Waals surface area contributed by atoms with E-state index >= 15 is 0 Å². The molecule has 0 bridgehead atoms. The lowest BCUT2D eigenvalue weighted by Crippen LogP contribution is -2.45. The molecule has 0 aliphatic carbocycles. The number of oxazole rings is 1. The average Bonchev–Trinajstić information content (AvgIpc) is 3.92. The summed E-state index contributed by atoms with van der Waals surface area (Å²) in [5.41, 5.74) is 6.13. The maximum absolute atomic E-state index is 13.8. The maximum Gasteiger partial charge on any atom is 0.410 e. The third-order valence-electron chi connectivity index (χ3n) is 9.46. The molecule has 1 aliphatic rings. The van der Waals surface area contributed by atoms with Crippen molar-refractivity contribution in [2.75, 3.05) is 30.9 Å². The molecule has 1 aliphatic heterocycles. The second kappa shape index (κ2) is 17.2. The predicted octanol–water partition coefficient (Wildman–Crippen LogP) is 7.74. The number of hydrogen-bond donors (Lipinski definition) is 2. The number of carbonyl (C=O) groups is 4. The smallest absolute Gasteiger partial charge is 0.410 e. The van der Waals surface area contributed by atoms with Crippen molar-refractivity contribution in [3.05, 3.63) is 90.2 Å². The number of rotatable bonds is 8. The van der Waals surface area contributed by atoms with Crippen molar-refractivity contribution in [1.82, 2.24) is 15.2 Å². The summed E-state index contributed by atoms with van der Waals surface area (Å²) < 4.78 is 32.0. The van der Waals surface area contributed by atoms with Gasteiger partial charge in [-0.25, -0.2) is 14.2 Å². The molecule has 3 amide bonds.